The van der Waals surface area contributed by atoms with Gasteiger partial charge < -0.3 is 15.0 Å². The van der Waals surface area contributed by atoms with Crippen LogP contribution in [0.2, 0.25) is 0 Å². The maximum atomic E-state index is 5.19. The summed E-state index contributed by atoms with van der Waals surface area (Å²) in [4.78, 5) is 12.2. The number of aromatic nitrogens is 1. The molecule has 0 saturated carbocycles. The lowest BCUT2D eigenvalue weighted by Gasteiger charge is -2.22. The second-order valence-corrected chi connectivity index (χ2v) is 6.38. The van der Waals surface area contributed by atoms with E-state index in [9.17, 15) is 0 Å². The van der Waals surface area contributed by atoms with E-state index in [1.807, 2.05) is 25.4 Å². The summed E-state index contributed by atoms with van der Waals surface area (Å²) < 4.78 is 5.19. The Bertz CT molecular complexity index is 636. The van der Waals surface area contributed by atoms with E-state index in [4.69, 9.17) is 4.74 Å². The van der Waals surface area contributed by atoms with Gasteiger partial charge in [0.2, 0.25) is 0 Å². The molecule has 0 fully saturated rings. The van der Waals surface area contributed by atoms with Crippen molar-refractivity contribution >= 4 is 17.3 Å². The fourth-order valence-electron chi connectivity index (χ4n) is 2.21. The molecular weight excluding hydrogens is 308 g/mol. The van der Waals surface area contributed by atoms with Crippen molar-refractivity contribution < 1.29 is 4.74 Å². The third-order valence-corrected chi connectivity index (χ3v) is 4.64. The van der Waals surface area contributed by atoms with Gasteiger partial charge in [0.1, 0.15) is 10.8 Å². The third kappa shape index (κ3) is 4.96. The first-order chi connectivity index (χ1) is 11.2. The lowest BCUT2D eigenvalue weighted by Crippen LogP contribution is -2.38. The fraction of sp³-hybridized carbons (Fsp3) is 0.412. The van der Waals surface area contributed by atoms with Crippen LogP contribution in [0.25, 0.3) is 0 Å². The topological polar surface area (TPSA) is 49.8 Å². The molecule has 0 radical (unpaired) electrons. The molecular formula is C17H24N4OS. The Morgan fingerprint density at radius 2 is 2.09 bits per heavy atom. The number of ether oxygens (including phenoxy) is 1. The number of benzene rings is 1. The standard InChI is InChI=1S/C17H24N4OS/c1-5-15-10-19-16(23-15)11-20-17(18-2)21(3)12-13-6-8-14(22-4)9-7-13/h6-10H,5,11-12H2,1-4H3,(H,18,20). The second-order valence-electron chi connectivity index (χ2n) is 5.18. The van der Waals surface area contributed by atoms with Crippen molar-refractivity contribution in [2.45, 2.75) is 26.4 Å². The molecule has 0 aliphatic carbocycles. The molecule has 23 heavy (non-hydrogen) atoms. The minimum atomic E-state index is 0.699. The van der Waals surface area contributed by atoms with Crippen LogP contribution in [0.4, 0.5) is 0 Å². The fourth-order valence-corrected chi connectivity index (χ4v) is 3.01. The van der Waals surface area contributed by atoms with E-state index >= 15 is 0 Å². The zero-order valence-corrected chi connectivity index (χ0v) is 15.0. The van der Waals surface area contributed by atoms with Crippen molar-refractivity contribution in [2.75, 3.05) is 21.2 Å². The van der Waals surface area contributed by atoms with Gasteiger partial charge in [-0.3, -0.25) is 4.99 Å². The van der Waals surface area contributed by atoms with Crippen molar-refractivity contribution in [3.05, 3.63) is 45.9 Å². The van der Waals surface area contributed by atoms with Crippen LogP contribution in [-0.4, -0.2) is 37.0 Å². The molecule has 0 aliphatic heterocycles. The summed E-state index contributed by atoms with van der Waals surface area (Å²) in [5.41, 5.74) is 1.21. The molecule has 0 spiro atoms. The highest BCUT2D eigenvalue weighted by Gasteiger charge is 2.08. The Labute approximate surface area is 142 Å². The molecule has 0 atom stereocenters. The van der Waals surface area contributed by atoms with E-state index in [2.05, 4.69) is 39.2 Å². The van der Waals surface area contributed by atoms with Crippen molar-refractivity contribution in [2.24, 2.45) is 4.99 Å². The Morgan fingerprint density at radius 1 is 1.35 bits per heavy atom. The van der Waals surface area contributed by atoms with Crippen LogP contribution in [0.1, 0.15) is 22.4 Å². The van der Waals surface area contributed by atoms with E-state index in [0.29, 0.717) is 6.54 Å². The Hall–Kier alpha value is -2.08. The highest BCUT2D eigenvalue weighted by atomic mass is 32.1. The van der Waals surface area contributed by atoms with Crippen LogP contribution in [0.5, 0.6) is 5.75 Å². The van der Waals surface area contributed by atoms with Crippen LogP contribution in [0.3, 0.4) is 0 Å². The molecule has 0 aliphatic rings. The van der Waals surface area contributed by atoms with E-state index in [-0.39, 0.29) is 0 Å². The molecule has 2 rings (SSSR count). The quantitative estimate of drug-likeness (QED) is 0.653. The molecule has 5 nitrogen and oxygen atoms in total. The van der Waals surface area contributed by atoms with Gasteiger partial charge in [0, 0.05) is 31.7 Å². The first kappa shape index (κ1) is 17.3. The SMILES string of the molecule is CCc1cnc(CNC(=NC)N(C)Cc2ccc(OC)cc2)s1. The molecule has 2 aromatic rings. The van der Waals surface area contributed by atoms with E-state index < -0.39 is 0 Å². The maximum absolute atomic E-state index is 5.19. The van der Waals surface area contributed by atoms with Crippen molar-refractivity contribution in [1.82, 2.24) is 15.2 Å². The van der Waals surface area contributed by atoms with Crippen LogP contribution >= 0.6 is 11.3 Å². The van der Waals surface area contributed by atoms with E-state index in [1.54, 1.807) is 25.5 Å². The average molecular weight is 332 g/mol. The summed E-state index contributed by atoms with van der Waals surface area (Å²) in [6.07, 6.45) is 2.98. The highest BCUT2D eigenvalue weighted by molar-refractivity contribution is 7.11. The number of nitrogens with one attached hydrogen (secondary N) is 1. The monoisotopic (exact) mass is 332 g/mol. The Balaban J connectivity index is 1.91. The molecule has 1 N–H and O–H groups in total. The first-order valence-corrected chi connectivity index (χ1v) is 8.46. The zero-order chi connectivity index (χ0) is 16.7. The van der Waals surface area contributed by atoms with Crippen LogP contribution in [0.15, 0.2) is 35.5 Å². The van der Waals surface area contributed by atoms with Gasteiger partial charge in [0.25, 0.3) is 0 Å². The molecule has 1 heterocycles. The van der Waals surface area contributed by atoms with Crippen molar-refractivity contribution in [1.29, 1.82) is 0 Å². The van der Waals surface area contributed by atoms with Crippen LogP contribution in [-0.2, 0) is 19.5 Å². The minimum absolute atomic E-state index is 0.699. The van der Waals surface area contributed by atoms with E-state index in [1.165, 1.54) is 10.4 Å². The number of nitrogens with zero attached hydrogens (tertiary/aromatic N) is 3. The predicted octanol–water partition coefficient (Wildman–Crippen LogP) is 2.92. The highest BCUT2D eigenvalue weighted by Crippen LogP contribution is 2.14. The maximum Gasteiger partial charge on any atom is 0.194 e. The molecule has 1 aromatic heterocycles. The Morgan fingerprint density at radius 3 is 2.65 bits per heavy atom. The average Bonchev–Trinajstić information content (AvgIpc) is 3.04. The number of aliphatic imine (C=N–C) groups is 1. The van der Waals surface area contributed by atoms with Gasteiger partial charge >= 0.3 is 0 Å². The summed E-state index contributed by atoms with van der Waals surface area (Å²) in [6.45, 7) is 3.62. The minimum Gasteiger partial charge on any atom is -0.497 e. The summed E-state index contributed by atoms with van der Waals surface area (Å²) >= 11 is 1.74. The molecule has 6 heteroatoms. The number of methoxy groups -OCH3 is 1. The number of guanidine groups is 1. The first-order valence-electron chi connectivity index (χ1n) is 7.64. The number of aryl methyl sites for hydroxylation is 1. The lowest BCUT2D eigenvalue weighted by molar-refractivity contribution is 0.414. The van der Waals surface area contributed by atoms with Gasteiger partial charge in [0.05, 0.1) is 13.7 Å². The van der Waals surface area contributed by atoms with Crippen molar-refractivity contribution in [3.63, 3.8) is 0 Å². The molecule has 0 amide bonds. The van der Waals surface area contributed by atoms with Crippen molar-refractivity contribution in [3.8, 4) is 5.75 Å². The number of rotatable bonds is 6. The second kappa shape index (κ2) is 8.53. The predicted molar refractivity (Wildman–Crippen MR) is 96.2 cm³/mol. The normalized spacial score (nSPS) is 11.4. The third-order valence-electron chi connectivity index (χ3n) is 3.50. The summed E-state index contributed by atoms with van der Waals surface area (Å²) in [7, 11) is 5.50. The summed E-state index contributed by atoms with van der Waals surface area (Å²) in [5.74, 6) is 1.73. The number of hydrogen-bond donors (Lipinski definition) is 1. The molecule has 0 unspecified atom stereocenters. The lowest BCUT2D eigenvalue weighted by atomic mass is 10.2. The van der Waals surface area contributed by atoms with Crippen LogP contribution in [0, 0.1) is 0 Å². The summed E-state index contributed by atoms with van der Waals surface area (Å²) in [6, 6.07) is 8.08. The molecule has 1 aromatic carbocycles. The Kier molecular flexibility index (Phi) is 6.40. The number of hydrogen-bond acceptors (Lipinski definition) is 4. The summed E-state index contributed by atoms with van der Waals surface area (Å²) in [5, 5.41) is 4.45. The number of thiazole rings is 1. The van der Waals surface area contributed by atoms with Gasteiger partial charge in [-0.1, -0.05) is 19.1 Å². The van der Waals surface area contributed by atoms with Gasteiger partial charge in [0.15, 0.2) is 5.96 Å². The van der Waals surface area contributed by atoms with Crippen LogP contribution < -0.4 is 10.1 Å². The van der Waals surface area contributed by atoms with Gasteiger partial charge in [-0.25, -0.2) is 4.98 Å². The van der Waals surface area contributed by atoms with Gasteiger partial charge in [-0.2, -0.15) is 0 Å². The smallest absolute Gasteiger partial charge is 0.194 e. The van der Waals surface area contributed by atoms with Gasteiger partial charge in [-0.05, 0) is 24.1 Å². The molecule has 0 bridgehead atoms. The molecule has 124 valence electrons. The van der Waals surface area contributed by atoms with Gasteiger partial charge in [-0.15, -0.1) is 11.3 Å². The zero-order valence-electron chi connectivity index (χ0n) is 14.2. The molecule has 0 saturated heterocycles. The largest absolute Gasteiger partial charge is 0.497 e. The van der Waals surface area contributed by atoms with E-state index in [0.717, 1.165) is 29.7 Å².